The Kier molecular flexibility index (Phi) is 5.52. The SMILES string of the molecule is Cc1nc(N(C)C)nc(-c2ccc(C(=O)NC3CCOCC3)cc2)c1C. The minimum absolute atomic E-state index is 0.0342. The van der Waals surface area contributed by atoms with Gasteiger partial charge in [-0.1, -0.05) is 12.1 Å². The predicted molar refractivity (Wildman–Crippen MR) is 103 cm³/mol. The molecule has 1 aliphatic rings. The zero-order valence-corrected chi connectivity index (χ0v) is 15.9. The summed E-state index contributed by atoms with van der Waals surface area (Å²) in [5.74, 6) is 0.650. The van der Waals surface area contributed by atoms with E-state index in [1.165, 1.54) is 0 Å². The smallest absolute Gasteiger partial charge is 0.251 e. The van der Waals surface area contributed by atoms with Gasteiger partial charge >= 0.3 is 0 Å². The number of carbonyl (C=O) groups is 1. The van der Waals surface area contributed by atoms with Crippen molar-refractivity contribution in [2.24, 2.45) is 0 Å². The maximum atomic E-state index is 12.4. The van der Waals surface area contributed by atoms with E-state index in [0.717, 1.165) is 35.4 Å². The van der Waals surface area contributed by atoms with E-state index in [4.69, 9.17) is 4.74 Å². The van der Waals surface area contributed by atoms with Gasteiger partial charge in [-0.2, -0.15) is 0 Å². The number of ether oxygens (including phenoxy) is 1. The molecule has 1 N–H and O–H groups in total. The third-order valence-corrected chi connectivity index (χ3v) is 4.75. The Labute approximate surface area is 154 Å². The van der Waals surface area contributed by atoms with Crippen LogP contribution < -0.4 is 10.2 Å². The average molecular weight is 354 g/mol. The van der Waals surface area contributed by atoms with E-state index in [0.29, 0.717) is 24.7 Å². The molecule has 0 saturated carbocycles. The maximum Gasteiger partial charge on any atom is 0.251 e. The van der Waals surface area contributed by atoms with Crippen LogP contribution in [0.1, 0.15) is 34.5 Å². The first-order chi connectivity index (χ1) is 12.5. The van der Waals surface area contributed by atoms with Crippen molar-refractivity contribution in [1.82, 2.24) is 15.3 Å². The minimum Gasteiger partial charge on any atom is -0.381 e. The van der Waals surface area contributed by atoms with Crippen LogP contribution in [-0.2, 0) is 4.74 Å². The Morgan fingerprint density at radius 1 is 1.12 bits per heavy atom. The van der Waals surface area contributed by atoms with Gasteiger partial charge in [-0.3, -0.25) is 4.79 Å². The molecule has 1 aromatic heterocycles. The Bertz CT molecular complexity index is 781. The molecule has 138 valence electrons. The van der Waals surface area contributed by atoms with E-state index in [2.05, 4.69) is 15.3 Å². The molecule has 1 aromatic carbocycles. The summed E-state index contributed by atoms with van der Waals surface area (Å²) in [5.41, 5.74) is 4.56. The molecular formula is C20H26N4O2. The molecule has 0 spiro atoms. The molecule has 0 radical (unpaired) electrons. The van der Waals surface area contributed by atoms with Crippen molar-refractivity contribution in [2.45, 2.75) is 32.7 Å². The lowest BCUT2D eigenvalue weighted by Gasteiger charge is -2.23. The molecule has 3 rings (SSSR count). The molecular weight excluding hydrogens is 328 g/mol. The number of carbonyl (C=O) groups excluding carboxylic acids is 1. The molecule has 26 heavy (non-hydrogen) atoms. The zero-order chi connectivity index (χ0) is 18.7. The highest BCUT2D eigenvalue weighted by molar-refractivity contribution is 5.94. The molecule has 1 aliphatic heterocycles. The van der Waals surface area contributed by atoms with E-state index < -0.39 is 0 Å². The lowest BCUT2D eigenvalue weighted by Crippen LogP contribution is -2.38. The molecule has 6 nitrogen and oxygen atoms in total. The van der Waals surface area contributed by atoms with Gasteiger partial charge in [-0.05, 0) is 44.4 Å². The fourth-order valence-corrected chi connectivity index (χ4v) is 2.99. The van der Waals surface area contributed by atoms with Crippen LogP contribution in [0.3, 0.4) is 0 Å². The number of nitrogens with one attached hydrogen (secondary N) is 1. The topological polar surface area (TPSA) is 67.4 Å². The van der Waals surface area contributed by atoms with Gasteiger partial charge in [-0.25, -0.2) is 9.97 Å². The highest BCUT2D eigenvalue weighted by Crippen LogP contribution is 2.25. The Morgan fingerprint density at radius 3 is 2.38 bits per heavy atom. The van der Waals surface area contributed by atoms with Crippen molar-refractivity contribution in [3.63, 3.8) is 0 Å². The highest BCUT2D eigenvalue weighted by Gasteiger charge is 2.17. The van der Waals surface area contributed by atoms with Gasteiger partial charge in [0.05, 0.1) is 5.69 Å². The number of anilines is 1. The van der Waals surface area contributed by atoms with Gasteiger partial charge in [-0.15, -0.1) is 0 Å². The van der Waals surface area contributed by atoms with Gasteiger partial charge in [0.25, 0.3) is 5.91 Å². The number of amides is 1. The van der Waals surface area contributed by atoms with E-state index >= 15 is 0 Å². The van der Waals surface area contributed by atoms with Crippen molar-refractivity contribution < 1.29 is 9.53 Å². The summed E-state index contributed by atoms with van der Waals surface area (Å²) in [5, 5.41) is 3.09. The Morgan fingerprint density at radius 2 is 1.77 bits per heavy atom. The van der Waals surface area contributed by atoms with Crippen LogP contribution in [0.2, 0.25) is 0 Å². The van der Waals surface area contributed by atoms with Crippen LogP contribution in [0.4, 0.5) is 5.95 Å². The summed E-state index contributed by atoms with van der Waals surface area (Å²) < 4.78 is 5.33. The number of hydrogen-bond donors (Lipinski definition) is 1. The van der Waals surface area contributed by atoms with Crippen LogP contribution in [0.25, 0.3) is 11.3 Å². The number of nitrogens with zero attached hydrogens (tertiary/aromatic N) is 3. The molecule has 0 aliphatic carbocycles. The van der Waals surface area contributed by atoms with E-state index in [-0.39, 0.29) is 11.9 Å². The largest absolute Gasteiger partial charge is 0.381 e. The van der Waals surface area contributed by atoms with Crippen LogP contribution in [0, 0.1) is 13.8 Å². The highest BCUT2D eigenvalue weighted by atomic mass is 16.5. The van der Waals surface area contributed by atoms with Crippen LogP contribution in [0.5, 0.6) is 0 Å². The van der Waals surface area contributed by atoms with Crippen molar-refractivity contribution in [3.8, 4) is 11.3 Å². The number of aryl methyl sites for hydroxylation is 1. The van der Waals surface area contributed by atoms with Gasteiger partial charge in [0.2, 0.25) is 5.95 Å². The van der Waals surface area contributed by atoms with Crippen LogP contribution in [-0.4, -0.2) is 49.2 Å². The van der Waals surface area contributed by atoms with E-state index in [9.17, 15) is 4.79 Å². The molecule has 1 amide bonds. The van der Waals surface area contributed by atoms with Gasteiger partial charge in [0, 0.05) is 50.2 Å². The molecule has 0 atom stereocenters. The number of benzene rings is 1. The normalized spacial score (nSPS) is 14.9. The Hall–Kier alpha value is -2.47. The second-order valence-electron chi connectivity index (χ2n) is 6.91. The molecule has 0 unspecified atom stereocenters. The first kappa shape index (κ1) is 18.3. The lowest BCUT2D eigenvalue weighted by molar-refractivity contribution is 0.0696. The summed E-state index contributed by atoms with van der Waals surface area (Å²) in [7, 11) is 3.86. The summed E-state index contributed by atoms with van der Waals surface area (Å²) in [6.07, 6.45) is 1.74. The third-order valence-electron chi connectivity index (χ3n) is 4.75. The fraction of sp³-hybridized carbons (Fsp3) is 0.450. The standard InChI is InChI=1S/C20H26N4O2/c1-13-14(2)21-20(24(3)4)23-18(13)15-5-7-16(8-6-15)19(25)22-17-9-11-26-12-10-17/h5-8,17H,9-12H2,1-4H3,(H,22,25). The summed E-state index contributed by atoms with van der Waals surface area (Å²) in [6, 6.07) is 7.82. The molecule has 6 heteroatoms. The van der Waals surface area contributed by atoms with Crippen LogP contribution >= 0.6 is 0 Å². The molecule has 1 saturated heterocycles. The van der Waals surface area contributed by atoms with Gasteiger partial charge in [0.1, 0.15) is 0 Å². The van der Waals surface area contributed by atoms with E-state index in [1.807, 2.05) is 57.1 Å². The molecule has 2 aromatic rings. The lowest BCUT2D eigenvalue weighted by atomic mass is 10.0. The van der Waals surface area contributed by atoms with Crippen molar-refractivity contribution in [2.75, 3.05) is 32.2 Å². The zero-order valence-electron chi connectivity index (χ0n) is 15.9. The average Bonchev–Trinajstić information content (AvgIpc) is 2.64. The molecule has 2 heterocycles. The molecule has 0 bridgehead atoms. The molecule has 1 fully saturated rings. The van der Waals surface area contributed by atoms with Crippen molar-refractivity contribution in [1.29, 1.82) is 0 Å². The maximum absolute atomic E-state index is 12.4. The van der Waals surface area contributed by atoms with Crippen molar-refractivity contribution >= 4 is 11.9 Å². The fourth-order valence-electron chi connectivity index (χ4n) is 2.99. The van der Waals surface area contributed by atoms with Gasteiger partial charge in [0.15, 0.2) is 0 Å². The first-order valence-corrected chi connectivity index (χ1v) is 8.97. The predicted octanol–water partition coefficient (Wildman–Crippen LogP) is 2.74. The quantitative estimate of drug-likeness (QED) is 0.914. The minimum atomic E-state index is -0.0342. The van der Waals surface area contributed by atoms with Gasteiger partial charge < -0.3 is 15.0 Å². The van der Waals surface area contributed by atoms with E-state index in [1.54, 1.807) is 0 Å². The summed E-state index contributed by atoms with van der Waals surface area (Å²) in [6.45, 7) is 5.44. The summed E-state index contributed by atoms with van der Waals surface area (Å²) >= 11 is 0. The Balaban J connectivity index is 1.80. The summed E-state index contributed by atoms with van der Waals surface area (Å²) in [4.78, 5) is 23.5. The second-order valence-corrected chi connectivity index (χ2v) is 6.91. The second kappa shape index (κ2) is 7.83. The number of aromatic nitrogens is 2. The van der Waals surface area contributed by atoms with Crippen LogP contribution in [0.15, 0.2) is 24.3 Å². The number of hydrogen-bond acceptors (Lipinski definition) is 5. The van der Waals surface area contributed by atoms with Crippen molar-refractivity contribution in [3.05, 3.63) is 41.1 Å². The number of rotatable bonds is 4. The third kappa shape index (κ3) is 4.02. The first-order valence-electron chi connectivity index (χ1n) is 8.97. The monoisotopic (exact) mass is 354 g/mol.